The molecule has 0 saturated heterocycles. The lowest BCUT2D eigenvalue weighted by Crippen LogP contribution is -1.99. The van der Waals surface area contributed by atoms with E-state index in [1.165, 1.54) is 12.5 Å². The van der Waals surface area contributed by atoms with Crippen LogP contribution in [0.2, 0.25) is 0 Å². The van der Waals surface area contributed by atoms with Gasteiger partial charge in [-0.2, -0.15) is 0 Å². The predicted molar refractivity (Wildman–Crippen MR) is 51.4 cm³/mol. The van der Waals surface area contributed by atoms with E-state index in [0.29, 0.717) is 10.8 Å². The first-order chi connectivity index (χ1) is 5.91. The normalized spacial score (nSPS) is 12.0. The molecule has 0 aliphatic heterocycles. The molecule has 0 aliphatic rings. The lowest BCUT2D eigenvalue weighted by Gasteiger charge is -2.05. The summed E-state index contributed by atoms with van der Waals surface area (Å²) in [4.78, 5) is 4.18. The van der Waals surface area contributed by atoms with Crippen LogP contribution in [0.15, 0.2) is 23.4 Å². The third kappa shape index (κ3) is 2.52. The summed E-state index contributed by atoms with van der Waals surface area (Å²) < 4.78 is 22.3. The van der Waals surface area contributed by atoms with Crippen molar-refractivity contribution in [1.82, 2.24) is 4.98 Å². The highest BCUT2D eigenvalue weighted by Crippen LogP contribution is 2.16. The lowest BCUT2D eigenvalue weighted by molar-refractivity contribution is 0.601. The van der Waals surface area contributed by atoms with Crippen molar-refractivity contribution in [3.8, 4) is 0 Å². The van der Waals surface area contributed by atoms with Gasteiger partial charge in [-0.3, -0.25) is 4.98 Å². The maximum absolute atomic E-state index is 11.2. The summed E-state index contributed by atoms with van der Waals surface area (Å²) in [7, 11) is -3.12. The first-order valence-corrected chi connectivity index (χ1v) is 5.95. The van der Waals surface area contributed by atoms with E-state index in [1.54, 1.807) is 12.3 Å². The molecule has 72 valence electrons. The number of pyridine rings is 1. The van der Waals surface area contributed by atoms with E-state index in [2.05, 4.69) is 4.98 Å². The quantitative estimate of drug-likeness (QED) is 0.727. The Morgan fingerprint density at radius 2 is 1.92 bits per heavy atom. The molecule has 0 bridgehead atoms. The van der Waals surface area contributed by atoms with E-state index in [9.17, 15) is 8.42 Å². The zero-order valence-corrected chi connectivity index (χ0v) is 8.80. The first kappa shape index (κ1) is 10.2. The minimum Gasteiger partial charge on any atom is -0.263 e. The van der Waals surface area contributed by atoms with Crippen molar-refractivity contribution in [3.05, 3.63) is 24.0 Å². The molecule has 1 aromatic heterocycles. The van der Waals surface area contributed by atoms with Gasteiger partial charge in [0.1, 0.15) is 0 Å². The van der Waals surface area contributed by atoms with E-state index in [0.717, 1.165) is 5.56 Å². The van der Waals surface area contributed by atoms with Crippen molar-refractivity contribution >= 4 is 9.84 Å². The van der Waals surface area contributed by atoms with Gasteiger partial charge in [0.15, 0.2) is 9.84 Å². The molecular formula is C9H13NO2S. The average molecular weight is 199 g/mol. The van der Waals surface area contributed by atoms with Gasteiger partial charge in [-0.1, -0.05) is 13.8 Å². The molecule has 0 aromatic carbocycles. The van der Waals surface area contributed by atoms with Gasteiger partial charge in [0.25, 0.3) is 0 Å². The first-order valence-electron chi connectivity index (χ1n) is 4.06. The maximum Gasteiger partial charge on any atom is 0.177 e. The number of sulfone groups is 1. The van der Waals surface area contributed by atoms with Crippen molar-refractivity contribution in [2.24, 2.45) is 0 Å². The molecule has 3 nitrogen and oxygen atoms in total. The number of hydrogen-bond donors (Lipinski definition) is 0. The molecule has 0 atom stereocenters. The van der Waals surface area contributed by atoms with Crippen molar-refractivity contribution in [2.75, 3.05) is 6.26 Å². The fourth-order valence-electron chi connectivity index (χ4n) is 0.954. The summed E-state index contributed by atoms with van der Waals surface area (Å²) in [5.41, 5.74) is 0.947. The second-order valence-corrected chi connectivity index (χ2v) is 5.40. The highest BCUT2D eigenvalue weighted by atomic mass is 32.2. The van der Waals surface area contributed by atoms with Crippen LogP contribution in [0.5, 0.6) is 0 Å². The molecule has 0 unspecified atom stereocenters. The van der Waals surface area contributed by atoms with Crippen LogP contribution in [0.4, 0.5) is 0 Å². The molecular weight excluding hydrogens is 186 g/mol. The smallest absolute Gasteiger partial charge is 0.177 e. The third-order valence-corrected chi connectivity index (χ3v) is 2.91. The monoisotopic (exact) mass is 199 g/mol. The van der Waals surface area contributed by atoms with Crippen molar-refractivity contribution < 1.29 is 8.42 Å². The third-order valence-electron chi connectivity index (χ3n) is 1.83. The number of rotatable bonds is 2. The van der Waals surface area contributed by atoms with Gasteiger partial charge in [0.2, 0.25) is 0 Å². The topological polar surface area (TPSA) is 47.0 Å². The van der Waals surface area contributed by atoms with Crippen molar-refractivity contribution in [3.63, 3.8) is 0 Å². The van der Waals surface area contributed by atoms with Crippen LogP contribution in [0.1, 0.15) is 25.3 Å². The zero-order chi connectivity index (χ0) is 10.1. The van der Waals surface area contributed by atoms with Gasteiger partial charge in [-0.15, -0.1) is 0 Å². The fraction of sp³-hybridized carbons (Fsp3) is 0.444. The predicted octanol–water partition coefficient (Wildman–Crippen LogP) is 1.61. The molecule has 0 amide bonds. The molecule has 0 N–H and O–H groups in total. The van der Waals surface area contributed by atoms with Gasteiger partial charge in [0, 0.05) is 18.6 Å². The molecule has 0 saturated carbocycles. The molecule has 0 radical (unpaired) electrons. The molecule has 4 heteroatoms. The van der Waals surface area contributed by atoms with Crippen molar-refractivity contribution in [2.45, 2.75) is 24.7 Å². The maximum atomic E-state index is 11.2. The van der Waals surface area contributed by atoms with Gasteiger partial charge >= 0.3 is 0 Å². The van der Waals surface area contributed by atoms with Gasteiger partial charge in [0.05, 0.1) is 4.90 Å². The van der Waals surface area contributed by atoms with Gasteiger partial charge in [-0.25, -0.2) is 8.42 Å². The SMILES string of the molecule is CC(C)c1cncc(S(C)(=O)=O)c1. The van der Waals surface area contributed by atoms with E-state index >= 15 is 0 Å². The van der Waals surface area contributed by atoms with E-state index < -0.39 is 9.84 Å². The molecule has 0 fully saturated rings. The second-order valence-electron chi connectivity index (χ2n) is 3.38. The van der Waals surface area contributed by atoms with Crippen LogP contribution < -0.4 is 0 Å². The summed E-state index contributed by atoms with van der Waals surface area (Å²) in [6, 6.07) is 1.67. The minimum atomic E-state index is -3.12. The molecule has 1 aromatic rings. The lowest BCUT2D eigenvalue weighted by atomic mass is 10.1. The summed E-state index contributed by atoms with van der Waals surface area (Å²) in [5.74, 6) is 0.300. The Balaban J connectivity index is 3.21. The Labute approximate surface area is 78.7 Å². The van der Waals surface area contributed by atoms with Crippen LogP contribution in [0, 0.1) is 0 Å². The number of nitrogens with zero attached hydrogens (tertiary/aromatic N) is 1. The Hall–Kier alpha value is -0.900. The van der Waals surface area contributed by atoms with Crippen LogP contribution in [-0.2, 0) is 9.84 Å². The summed E-state index contributed by atoms with van der Waals surface area (Å²) in [6.45, 7) is 4.01. The Bertz CT molecular complexity index is 396. The van der Waals surface area contributed by atoms with Crippen LogP contribution >= 0.6 is 0 Å². The standard InChI is InChI=1S/C9H13NO2S/c1-7(2)8-4-9(6-10-5-8)13(3,11)12/h4-7H,1-3H3. The summed E-state index contributed by atoms with van der Waals surface area (Å²) in [6.07, 6.45) is 4.26. The molecule has 0 aliphatic carbocycles. The highest BCUT2D eigenvalue weighted by Gasteiger charge is 2.09. The van der Waals surface area contributed by atoms with E-state index in [-0.39, 0.29) is 0 Å². The van der Waals surface area contributed by atoms with Crippen molar-refractivity contribution in [1.29, 1.82) is 0 Å². The molecule has 1 rings (SSSR count). The largest absolute Gasteiger partial charge is 0.263 e. The average Bonchev–Trinajstić information content (AvgIpc) is 2.03. The van der Waals surface area contributed by atoms with Gasteiger partial charge in [-0.05, 0) is 17.5 Å². The Morgan fingerprint density at radius 3 is 2.38 bits per heavy atom. The summed E-state index contributed by atoms with van der Waals surface area (Å²) in [5, 5.41) is 0. The molecule has 13 heavy (non-hydrogen) atoms. The van der Waals surface area contributed by atoms with Crippen LogP contribution in [0.3, 0.4) is 0 Å². The Morgan fingerprint density at radius 1 is 1.31 bits per heavy atom. The zero-order valence-electron chi connectivity index (χ0n) is 7.98. The fourth-order valence-corrected chi connectivity index (χ4v) is 1.56. The number of hydrogen-bond acceptors (Lipinski definition) is 3. The molecule has 0 spiro atoms. The van der Waals surface area contributed by atoms with Gasteiger partial charge < -0.3 is 0 Å². The van der Waals surface area contributed by atoms with Crippen LogP contribution in [0.25, 0.3) is 0 Å². The van der Waals surface area contributed by atoms with Crippen LogP contribution in [-0.4, -0.2) is 19.7 Å². The Kier molecular flexibility index (Phi) is 2.71. The number of aromatic nitrogens is 1. The minimum absolute atomic E-state index is 0.290. The van der Waals surface area contributed by atoms with E-state index in [4.69, 9.17) is 0 Å². The second kappa shape index (κ2) is 3.46. The highest BCUT2D eigenvalue weighted by molar-refractivity contribution is 7.90. The van der Waals surface area contributed by atoms with E-state index in [1.807, 2.05) is 13.8 Å². The summed E-state index contributed by atoms with van der Waals surface area (Å²) >= 11 is 0. The molecule has 1 heterocycles.